The summed E-state index contributed by atoms with van der Waals surface area (Å²) < 4.78 is 5.65. The van der Waals surface area contributed by atoms with Gasteiger partial charge in [-0.05, 0) is 31.4 Å². The smallest absolute Gasteiger partial charge is 0.267 e. The lowest BCUT2D eigenvalue weighted by atomic mass is 10.0. The van der Waals surface area contributed by atoms with Crippen molar-refractivity contribution in [3.8, 4) is 5.75 Å². The molecular weight excluding hydrogens is 306 g/mol. The minimum Gasteiger partial charge on any atom is -0.479 e. The topological polar surface area (TPSA) is 29.5 Å². The molecule has 104 valence electrons. The second-order valence-electron chi connectivity index (χ2n) is 4.99. The van der Waals surface area contributed by atoms with Crippen LogP contribution in [0.4, 0.5) is 5.69 Å². The predicted octanol–water partition coefficient (Wildman–Crippen LogP) is 3.61. The number of hydrogen-bond acceptors (Lipinski definition) is 2. The Morgan fingerprint density at radius 2 is 2.16 bits per heavy atom. The first-order valence-electron chi connectivity index (χ1n) is 6.80. The summed E-state index contributed by atoms with van der Waals surface area (Å²) in [5.41, 5.74) is 0.896. The molecule has 2 atom stereocenters. The number of halogens is 1. The maximum Gasteiger partial charge on any atom is 0.267 e. The van der Waals surface area contributed by atoms with E-state index >= 15 is 0 Å². The first kappa shape index (κ1) is 14.4. The molecule has 1 aliphatic heterocycles. The molecule has 2 rings (SSSR count). The summed E-state index contributed by atoms with van der Waals surface area (Å²) in [6.07, 6.45) is 1.85. The van der Waals surface area contributed by atoms with Gasteiger partial charge < -0.3 is 9.64 Å². The number of fused-ring (bicyclic) bond motifs is 1. The third-order valence-corrected chi connectivity index (χ3v) is 4.35. The Kier molecular flexibility index (Phi) is 4.86. The van der Waals surface area contributed by atoms with Gasteiger partial charge in [0.15, 0.2) is 6.10 Å². The molecule has 0 aromatic heterocycles. The minimum absolute atomic E-state index is 0.0563. The standard InChI is InChI=1S/C15H20BrNO2/c1-3-6-12(9-16)10-17-13-7-4-5-8-14(13)19-11(2)15(17)18/h4-5,7-8,11-12H,3,6,9-10H2,1-2H3. The van der Waals surface area contributed by atoms with E-state index in [0.29, 0.717) is 5.92 Å². The van der Waals surface area contributed by atoms with Gasteiger partial charge in [0.2, 0.25) is 0 Å². The van der Waals surface area contributed by atoms with Crippen molar-refractivity contribution in [1.82, 2.24) is 0 Å². The van der Waals surface area contributed by atoms with E-state index < -0.39 is 6.10 Å². The van der Waals surface area contributed by atoms with Crippen LogP contribution in [0, 0.1) is 5.92 Å². The van der Waals surface area contributed by atoms with Crippen LogP contribution >= 0.6 is 15.9 Å². The van der Waals surface area contributed by atoms with Crippen LogP contribution in [0.3, 0.4) is 0 Å². The first-order valence-corrected chi connectivity index (χ1v) is 7.92. The monoisotopic (exact) mass is 325 g/mol. The predicted molar refractivity (Wildman–Crippen MR) is 81.1 cm³/mol. The molecule has 0 fully saturated rings. The molecule has 1 amide bonds. The molecule has 1 aliphatic rings. The molecule has 0 bridgehead atoms. The van der Waals surface area contributed by atoms with Crippen LogP contribution in [0.5, 0.6) is 5.75 Å². The van der Waals surface area contributed by atoms with Crippen LogP contribution in [0.1, 0.15) is 26.7 Å². The SMILES string of the molecule is CCCC(CBr)CN1C(=O)C(C)Oc2ccccc21. The number of para-hydroxylation sites is 2. The van der Waals surface area contributed by atoms with E-state index in [-0.39, 0.29) is 5.91 Å². The molecular formula is C15H20BrNO2. The molecule has 1 heterocycles. The van der Waals surface area contributed by atoms with Crippen molar-refractivity contribution in [2.45, 2.75) is 32.8 Å². The Hall–Kier alpha value is -1.03. The van der Waals surface area contributed by atoms with E-state index in [2.05, 4.69) is 22.9 Å². The lowest BCUT2D eigenvalue weighted by molar-refractivity contribution is -0.125. The van der Waals surface area contributed by atoms with E-state index in [1.54, 1.807) is 0 Å². The molecule has 19 heavy (non-hydrogen) atoms. The molecule has 0 aliphatic carbocycles. The zero-order valence-electron chi connectivity index (χ0n) is 11.4. The molecule has 4 heteroatoms. The van der Waals surface area contributed by atoms with Gasteiger partial charge in [0.25, 0.3) is 5.91 Å². The van der Waals surface area contributed by atoms with Crippen LogP contribution < -0.4 is 9.64 Å². The summed E-state index contributed by atoms with van der Waals surface area (Å²) in [7, 11) is 0. The maximum absolute atomic E-state index is 12.3. The van der Waals surface area contributed by atoms with Crippen LogP contribution in [-0.2, 0) is 4.79 Å². The van der Waals surface area contributed by atoms with Crippen molar-refractivity contribution in [1.29, 1.82) is 0 Å². The van der Waals surface area contributed by atoms with Gasteiger partial charge in [-0.1, -0.05) is 41.4 Å². The number of ether oxygens (including phenoxy) is 1. The van der Waals surface area contributed by atoms with Gasteiger partial charge in [-0.25, -0.2) is 0 Å². The lowest BCUT2D eigenvalue weighted by Gasteiger charge is -2.34. The highest BCUT2D eigenvalue weighted by molar-refractivity contribution is 9.09. The van der Waals surface area contributed by atoms with E-state index in [9.17, 15) is 4.79 Å². The number of carbonyl (C=O) groups excluding carboxylic acids is 1. The van der Waals surface area contributed by atoms with Gasteiger partial charge in [-0.2, -0.15) is 0 Å². The number of carbonyl (C=O) groups is 1. The molecule has 0 radical (unpaired) electrons. The molecule has 1 aromatic carbocycles. The molecule has 3 nitrogen and oxygen atoms in total. The second kappa shape index (κ2) is 6.42. The Labute approximate surface area is 123 Å². The van der Waals surface area contributed by atoms with Gasteiger partial charge in [0.05, 0.1) is 5.69 Å². The second-order valence-corrected chi connectivity index (χ2v) is 5.63. The van der Waals surface area contributed by atoms with E-state index in [0.717, 1.165) is 36.2 Å². The zero-order chi connectivity index (χ0) is 13.8. The van der Waals surface area contributed by atoms with Crippen LogP contribution in [0.25, 0.3) is 0 Å². The van der Waals surface area contributed by atoms with Crippen molar-refractivity contribution in [3.05, 3.63) is 24.3 Å². The molecule has 2 unspecified atom stereocenters. The minimum atomic E-state index is -0.396. The average molecular weight is 326 g/mol. The third kappa shape index (κ3) is 3.11. The number of rotatable bonds is 5. The van der Waals surface area contributed by atoms with Crippen molar-refractivity contribution < 1.29 is 9.53 Å². The van der Waals surface area contributed by atoms with Gasteiger partial charge in [-0.3, -0.25) is 4.79 Å². The van der Waals surface area contributed by atoms with Gasteiger partial charge >= 0.3 is 0 Å². The largest absolute Gasteiger partial charge is 0.479 e. The summed E-state index contributed by atoms with van der Waals surface area (Å²) in [6.45, 7) is 4.74. The van der Waals surface area contributed by atoms with Gasteiger partial charge in [0, 0.05) is 11.9 Å². The number of alkyl halides is 1. The van der Waals surface area contributed by atoms with E-state index in [1.807, 2.05) is 36.1 Å². The summed E-state index contributed by atoms with van der Waals surface area (Å²) in [4.78, 5) is 14.2. The third-order valence-electron chi connectivity index (χ3n) is 3.43. The number of benzene rings is 1. The average Bonchev–Trinajstić information content (AvgIpc) is 2.42. The Bertz CT molecular complexity index is 450. The summed E-state index contributed by atoms with van der Waals surface area (Å²) in [5, 5.41) is 0.919. The van der Waals surface area contributed by atoms with Crippen LogP contribution in [-0.4, -0.2) is 23.9 Å². The van der Waals surface area contributed by atoms with Crippen LogP contribution in [0.2, 0.25) is 0 Å². The number of anilines is 1. The lowest BCUT2D eigenvalue weighted by Crippen LogP contribution is -2.46. The van der Waals surface area contributed by atoms with Crippen molar-refractivity contribution in [2.75, 3.05) is 16.8 Å². The highest BCUT2D eigenvalue weighted by Crippen LogP contribution is 2.34. The van der Waals surface area contributed by atoms with Crippen molar-refractivity contribution in [2.24, 2.45) is 5.92 Å². The molecule has 0 saturated carbocycles. The number of hydrogen-bond donors (Lipinski definition) is 0. The fourth-order valence-corrected chi connectivity index (χ4v) is 2.96. The highest BCUT2D eigenvalue weighted by atomic mass is 79.9. The molecule has 0 N–H and O–H groups in total. The number of amides is 1. The fraction of sp³-hybridized carbons (Fsp3) is 0.533. The maximum atomic E-state index is 12.3. The molecule has 1 aromatic rings. The molecule has 0 saturated heterocycles. The highest BCUT2D eigenvalue weighted by Gasteiger charge is 2.32. The van der Waals surface area contributed by atoms with E-state index in [4.69, 9.17) is 4.74 Å². The van der Waals surface area contributed by atoms with Crippen molar-refractivity contribution >= 4 is 27.5 Å². The Morgan fingerprint density at radius 1 is 1.42 bits per heavy atom. The Morgan fingerprint density at radius 3 is 2.84 bits per heavy atom. The van der Waals surface area contributed by atoms with Gasteiger partial charge in [-0.15, -0.1) is 0 Å². The number of nitrogens with zero attached hydrogens (tertiary/aromatic N) is 1. The fourth-order valence-electron chi connectivity index (χ4n) is 2.43. The van der Waals surface area contributed by atoms with E-state index in [1.165, 1.54) is 0 Å². The molecule has 0 spiro atoms. The quantitative estimate of drug-likeness (QED) is 0.774. The Balaban J connectivity index is 2.24. The summed E-state index contributed by atoms with van der Waals surface area (Å²) in [6, 6.07) is 7.76. The zero-order valence-corrected chi connectivity index (χ0v) is 13.0. The first-order chi connectivity index (χ1) is 9.17. The summed E-state index contributed by atoms with van der Waals surface area (Å²) in [5.74, 6) is 1.34. The summed E-state index contributed by atoms with van der Waals surface area (Å²) >= 11 is 3.55. The van der Waals surface area contributed by atoms with Crippen molar-refractivity contribution in [3.63, 3.8) is 0 Å². The van der Waals surface area contributed by atoms with Gasteiger partial charge in [0.1, 0.15) is 5.75 Å². The normalized spacial score (nSPS) is 19.8. The van der Waals surface area contributed by atoms with Crippen LogP contribution in [0.15, 0.2) is 24.3 Å².